The van der Waals surface area contributed by atoms with Gasteiger partial charge in [-0.3, -0.25) is 0 Å². The number of halogens is 2. The lowest BCUT2D eigenvalue weighted by Crippen LogP contribution is -2.31. The van der Waals surface area contributed by atoms with Crippen molar-refractivity contribution >= 4 is 10.0 Å². The van der Waals surface area contributed by atoms with E-state index in [0.717, 1.165) is 12.1 Å². The number of nitrogens with one attached hydrogen (secondary N) is 1. The highest BCUT2D eigenvalue weighted by molar-refractivity contribution is 7.88. The van der Waals surface area contributed by atoms with Gasteiger partial charge in [0, 0.05) is 11.6 Å². The highest BCUT2D eigenvalue weighted by Crippen LogP contribution is 2.17. The van der Waals surface area contributed by atoms with E-state index in [4.69, 9.17) is 4.42 Å². The van der Waals surface area contributed by atoms with Crippen LogP contribution in [0.2, 0.25) is 0 Å². The first-order chi connectivity index (χ1) is 9.91. The standard InChI is InChI=1S/C13H13F2NO4S/c14-10-4-3-9(11(15)6-10)8-21(18,19)16-12(7-17)13-2-1-5-20-13/h1-6,12,16-17H,7-8H2. The number of furan rings is 1. The van der Waals surface area contributed by atoms with E-state index in [1.54, 1.807) is 6.07 Å². The van der Waals surface area contributed by atoms with Crippen LogP contribution in [0.3, 0.4) is 0 Å². The summed E-state index contributed by atoms with van der Waals surface area (Å²) in [6, 6.07) is 4.73. The molecule has 0 aliphatic heterocycles. The Labute approximate surface area is 120 Å². The summed E-state index contributed by atoms with van der Waals surface area (Å²) in [6.07, 6.45) is 1.34. The van der Waals surface area contributed by atoms with Gasteiger partial charge in [-0.15, -0.1) is 0 Å². The van der Waals surface area contributed by atoms with Gasteiger partial charge in [0.2, 0.25) is 10.0 Å². The van der Waals surface area contributed by atoms with Crippen molar-refractivity contribution in [1.29, 1.82) is 0 Å². The quantitative estimate of drug-likeness (QED) is 0.850. The molecule has 0 aliphatic rings. The van der Waals surface area contributed by atoms with Crippen LogP contribution in [0.1, 0.15) is 17.4 Å². The number of benzene rings is 1. The van der Waals surface area contributed by atoms with Crippen molar-refractivity contribution in [1.82, 2.24) is 4.72 Å². The van der Waals surface area contributed by atoms with Gasteiger partial charge in [0.1, 0.15) is 23.4 Å². The van der Waals surface area contributed by atoms with Crippen LogP contribution in [-0.2, 0) is 15.8 Å². The second kappa shape index (κ2) is 6.33. The van der Waals surface area contributed by atoms with Gasteiger partial charge in [-0.25, -0.2) is 21.9 Å². The van der Waals surface area contributed by atoms with Crippen molar-refractivity contribution < 1.29 is 26.7 Å². The average molecular weight is 317 g/mol. The van der Waals surface area contributed by atoms with Gasteiger partial charge in [0.15, 0.2) is 0 Å². The van der Waals surface area contributed by atoms with Gasteiger partial charge in [0.25, 0.3) is 0 Å². The highest BCUT2D eigenvalue weighted by Gasteiger charge is 2.22. The Balaban J connectivity index is 2.14. The Hall–Kier alpha value is -1.77. The van der Waals surface area contributed by atoms with E-state index in [-0.39, 0.29) is 11.3 Å². The summed E-state index contributed by atoms with van der Waals surface area (Å²) >= 11 is 0. The molecule has 114 valence electrons. The predicted molar refractivity (Wildman–Crippen MR) is 70.7 cm³/mol. The van der Waals surface area contributed by atoms with Crippen molar-refractivity contribution in [2.24, 2.45) is 0 Å². The summed E-state index contributed by atoms with van der Waals surface area (Å²) in [4.78, 5) is 0. The molecule has 1 unspecified atom stereocenters. The van der Waals surface area contributed by atoms with Crippen LogP contribution in [-0.4, -0.2) is 20.1 Å². The number of sulfonamides is 1. The molecule has 0 spiro atoms. The molecule has 1 atom stereocenters. The van der Waals surface area contributed by atoms with Gasteiger partial charge in [0.05, 0.1) is 18.6 Å². The highest BCUT2D eigenvalue weighted by atomic mass is 32.2. The SMILES string of the molecule is O=S(=O)(Cc1ccc(F)cc1F)NC(CO)c1ccco1. The summed E-state index contributed by atoms with van der Waals surface area (Å²) in [6.45, 7) is -0.515. The molecule has 1 aromatic carbocycles. The zero-order valence-corrected chi connectivity index (χ0v) is 11.6. The Morgan fingerprint density at radius 2 is 2.05 bits per heavy atom. The van der Waals surface area contributed by atoms with E-state index >= 15 is 0 Å². The minimum absolute atomic E-state index is 0.167. The first kappa shape index (κ1) is 15.6. The molecule has 2 aromatic rings. The maximum atomic E-state index is 13.5. The molecule has 0 saturated heterocycles. The van der Waals surface area contributed by atoms with E-state index < -0.39 is 40.1 Å². The molecule has 0 fully saturated rings. The summed E-state index contributed by atoms with van der Waals surface area (Å²) in [5, 5.41) is 9.21. The molecule has 0 amide bonds. The van der Waals surface area contributed by atoms with Gasteiger partial charge >= 0.3 is 0 Å². The number of aliphatic hydroxyl groups excluding tert-OH is 1. The van der Waals surface area contributed by atoms with E-state index in [1.165, 1.54) is 12.3 Å². The van der Waals surface area contributed by atoms with E-state index in [9.17, 15) is 22.3 Å². The van der Waals surface area contributed by atoms with Gasteiger partial charge < -0.3 is 9.52 Å². The third kappa shape index (κ3) is 4.10. The smallest absolute Gasteiger partial charge is 0.216 e. The normalized spacial score (nSPS) is 13.3. The van der Waals surface area contributed by atoms with Crippen molar-refractivity contribution in [3.05, 3.63) is 59.6 Å². The molecule has 0 radical (unpaired) electrons. The molecular formula is C13H13F2NO4S. The molecule has 2 rings (SSSR count). The minimum atomic E-state index is -3.94. The summed E-state index contributed by atoms with van der Waals surface area (Å²) in [5.74, 6) is -2.17. The van der Waals surface area contributed by atoms with E-state index in [0.29, 0.717) is 6.07 Å². The van der Waals surface area contributed by atoms with Crippen molar-refractivity contribution in [3.8, 4) is 0 Å². The molecule has 5 nitrogen and oxygen atoms in total. The van der Waals surface area contributed by atoms with Crippen molar-refractivity contribution in [2.45, 2.75) is 11.8 Å². The lowest BCUT2D eigenvalue weighted by atomic mass is 10.2. The predicted octanol–water partition coefficient (Wildman–Crippen LogP) is 1.71. The van der Waals surface area contributed by atoms with Crippen molar-refractivity contribution in [3.63, 3.8) is 0 Å². The van der Waals surface area contributed by atoms with E-state index in [2.05, 4.69) is 4.72 Å². The molecule has 0 aliphatic carbocycles. The monoisotopic (exact) mass is 317 g/mol. The lowest BCUT2D eigenvalue weighted by Gasteiger charge is -2.14. The van der Waals surface area contributed by atoms with Gasteiger partial charge in [-0.1, -0.05) is 6.07 Å². The summed E-state index contributed by atoms with van der Waals surface area (Å²) < 4.78 is 57.4. The minimum Gasteiger partial charge on any atom is -0.468 e. The Morgan fingerprint density at radius 1 is 1.29 bits per heavy atom. The molecule has 1 heterocycles. The van der Waals surface area contributed by atoms with Crippen LogP contribution in [0.4, 0.5) is 8.78 Å². The Bertz CT molecular complexity index is 701. The Kier molecular flexibility index (Phi) is 4.71. The first-order valence-electron chi connectivity index (χ1n) is 5.99. The number of hydrogen-bond acceptors (Lipinski definition) is 4. The maximum Gasteiger partial charge on any atom is 0.216 e. The summed E-state index contributed by atoms with van der Waals surface area (Å²) in [5.41, 5.74) is -0.167. The third-order valence-corrected chi connectivity index (χ3v) is 4.09. The molecule has 1 aromatic heterocycles. The maximum absolute atomic E-state index is 13.5. The molecule has 2 N–H and O–H groups in total. The fraction of sp³-hybridized carbons (Fsp3) is 0.231. The van der Waals surface area contributed by atoms with Crippen LogP contribution in [0.15, 0.2) is 41.0 Å². The summed E-state index contributed by atoms with van der Waals surface area (Å²) in [7, 11) is -3.94. The van der Waals surface area contributed by atoms with Crippen LogP contribution < -0.4 is 4.72 Å². The van der Waals surface area contributed by atoms with Crippen LogP contribution in [0, 0.1) is 11.6 Å². The van der Waals surface area contributed by atoms with Crippen LogP contribution >= 0.6 is 0 Å². The fourth-order valence-electron chi connectivity index (χ4n) is 1.78. The Morgan fingerprint density at radius 3 is 2.62 bits per heavy atom. The molecule has 8 heteroatoms. The zero-order valence-electron chi connectivity index (χ0n) is 10.8. The lowest BCUT2D eigenvalue weighted by molar-refractivity contribution is 0.241. The molecule has 0 saturated carbocycles. The average Bonchev–Trinajstić information content (AvgIpc) is 2.93. The topological polar surface area (TPSA) is 79.5 Å². The van der Waals surface area contributed by atoms with Gasteiger partial charge in [-0.2, -0.15) is 0 Å². The van der Waals surface area contributed by atoms with Gasteiger partial charge in [-0.05, 0) is 18.2 Å². The molecule has 21 heavy (non-hydrogen) atoms. The fourth-order valence-corrected chi connectivity index (χ4v) is 3.13. The second-order valence-corrected chi connectivity index (χ2v) is 6.12. The zero-order chi connectivity index (χ0) is 15.5. The van der Waals surface area contributed by atoms with Crippen LogP contribution in [0.5, 0.6) is 0 Å². The largest absolute Gasteiger partial charge is 0.468 e. The number of hydrogen-bond donors (Lipinski definition) is 2. The van der Waals surface area contributed by atoms with Crippen LogP contribution in [0.25, 0.3) is 0 Å². The van der Waals surface area contributed by atoms with E-state index in [1.807, 2.05) is 0 Å². The molecular weight excluding hydrogens is 304 g/mol. The van der Waals surface area contributed by atoms with Crippen molar-refractivity contribution in [2.75, 3.05) is 6.61 Å². The number of rotatable bonds is 6. The number of aliphatic hydroxyl groups is 1. The second-order valence-electron chi connectivity index (χ2n) is 4.36. The molecule has 0 bridgehead atoms. The first-order valence-corrected chi connectivity index (χ1v) is 7.64. The third-order valence-electron chi connectivity index (χ3n) is 2.75.